The van der Waals surface area contributed by atoms with Crippen molar-refractivity contribution in [3.8, 4) is 0 Å². The minimum atomic E-state index is -3.64. The third kappa shape index (κ3) is 3.27. The van der Waals surface area contributed by atoms with Gasteiger partial charge in [0.2, 0.25) is 0 Å². The molecule has 3 N–H and O–H groups in total. The Hall–Kier alpha value is -2.08. The molecule has 0 saturated carbocycles. The molecule has 0 atom stereocenters. The maximum Gasteiger partial charge on any atom is 0.262 e. The zero-order valence-electron chi connectivity index (χ0n) is 11.4. The van der Waals surface area contributed by atoms with Crippen molar-refractivity contribution in [2.24, 2.45) is 0 Å². The van der Waals surface area contributed by atoms with Gasteiger partial charge in [-0.1, -0.05) is 26.0 Å². The Bertz CT molecular complexity index is 695. The Balaban J connectivity index is 2.24. The highest BCUT2D eigenvalue weighted by Crippen LogP contribution is 2.20. The minimum Gasteiger partial charge on any atom is -0.384 e. The van der Waals surface area contributed by atoms with Crippen molar-refractivity contribution in [1.29, 1.82) is 0 Å². The average molecular weight is 291 g/mol. The van der Waals surface area contributed by atoms with Gasteiger partial charge in [0.25, 0.3) is 10.0 Å². The summed E-state index contributed by atoms with van der Waals surface area (Å²) in [7, 11) is -3.64. The summed E-state index contributed by atoms with van der Waals surface area (Å²) in [6.45, 7) is 4.16. The van der Waals surface area contributed by atoms with E-state index in [0.29, 0.717) is 11.6 Å². The topological polar surface area (TPSA) is 85.1 Å². The predicted octanol–water partition coefficient (Wildman–Crippen LogP) is 2.59. The molecule has 2 aromatic rings. The molecule has 106 valence electrons. The van der Waals surface area contributed by atoms with Crippen LogP contribution in [0.25, 0.3) is 0 Å². The van der Waals surface area contributed by atoms with Crippen LogP contribution in [0.2, 0.25) is 0 Å². The number of sulfonamides is 1. The number of anilines is 2. The summed E-state index contributed by atoms with van der Waals surface area (Å²) in [6, 6.07) is 10.0. The van der Waals surface area contributed by atoms with E-state index in [1.165, 1.54) is 18.3 Å². The van der Waals surface area contributed by atoms with E-state index in [9.17, 15) is 8.42 Å². The third-order valence-corrected chi connectivity index (χ3v) is 4.27. The monoisotopic (exact) mass is 291 g/mol. The van der Waals surface area contributed by atoms with E-state index in [4.69, 9.17) is 5.73 Å². The van der Waals surface area contributed by atoms with E-state index in [-0.39, 0.29) is 10.7 Å². The summed E-state index contributed by atoms with van der Waals surface area (Å²) >= 11 is 0. The van der Waals surface area contributed by atoms with Gasteiger partial charge in [-0.15, -0.1) is 0 Å². The van der Waals surface area contributed by atoms with Crippen LogP contribution in [0.15, 0.2) is 47.5 Å². The number of hydrogen-bond donors (Lipinski definition) is 2. The van der Waals surface area contributed by atoms with E-state index in [0.717, 1.165) is 5.56 Å². The van der Waals surface area contributed by atoms with Gasteiger partial charge in [0, 0.05) is 18.0 Å². The van der Waals surface area contributed by atoms with Gasteiger partial charge in [-0.2, -0.15) is 0 Å². The minimum absolute atomic E-state index is 0.0953. The standard InChI is InChI=1S/C14H17N3O2S/c1-10(2)11-3-5-12(6-4-11)17-20(18,19)13-7-8-16-14(15)9-13/h3-10,17H,1-2H3,(H2,15,16). The zero-order valence-corrected chi connectivity index (χ0v) is 12.2. The van der Waals surface area contributed by atoms with Crippen LogP contribution in [0.4, 0.5) is 11.5 Å². The molecule has 0 amide bonds. The lowest BCUT2D eigenvalue weighted by Gasteiger charge is -2.10. The summed E-state index contributed by atoms with van der Waals surface area (Å²) in [5, 5.41) is 0. The highest BCUT2D eigenvalue weighted by atomic mass is 32.2. The van der Waals surface area contributed by atoms with E-state index < -0.39 is 10.0 Å². The summed E-state index contributed by atoms with van der Waals surface area (Å²) in [5.41, 5.74) is 7.17. The zero-order chi connectivity index (χ0) is 14.8. The van der Waals surface area contributed by atoms with Crippen molar-refractivity contribution in [2.75, 3.05) is 10.5 Å². The van der Waals surface area contributed by atoms with E-state index in [1.54, 1.807) is 12.1 Å². The normalized spacial score (nSPS) is 11.6. The van der Waals surface area contributed by atoms with Crippen molar-refractivity contribution in [3.05, 3.63) is 48.2 Å². The van der Waals surface area contributed by atoms with Crippen LogP contribution >= 0.6 is 0 Å². The first-order chi connectivity index (χ1) is 9.38. The number of hydrogen-bond acceptors (Lipinski definition) is 4. The number of nitrogens with one attached hydrogen (secondary N) is 1. The van der Waals surface area contributed by atoms with E-state index >= 15 is 0 Å². The number of nitrogens with two attached hydrogens (primary N) is 1. The van der Waals surface area contributed by atoms with Crippen molar-refractivity contribution in [3.63, 3.8) is 0 Å². The summed E-state index contributed by atoms with van der Waals surface area (Å²) < 4.78 is 26.9. The van der Waals surface area contributed by atoms with Gasteiger partial charge in [-0.3, -0.25) is 4.72 Å². The molecule has 0 spiro atoms. The first-order valence-corrected chi connectivity index (χ1v) is 7.71. The Labute approximate surface area is 118 Å². The molecule has 1 aromatic carbocycles. The molecule has 5 nitrogen and oxygen atoms in total. The van der Waals surface area contributed by atoms with Gasteiger partial charge in [-0.05, 0) is 29.7 Å². The second-order valence-corrected chi connectivity index (χ2v) is 6.48. The van der Waals surface area contributed by atoms with Crippen molar-refractivity contribution in [1.82, 2.24) is 4.98 Å². The van der Waals surface area contributed by atoms with Crippen LogP contribution in [0.3, 0.4) is 0 Å². The number of nitrogen functional groups attached to an aromatic ring is 1. The van der Waals surface area contributed by atoms with Gasteiger partial charge in [0.05, 0.1) is 4.90 Å². The highest BCUT2D eigenvalue weighted by molar-refractivity contribution is 7.92. The van der Waals surface area contributed by atoms with E-state index in [1.807, 2.05) is 12.1 Å². The van der Waals surface area contributed by atoms with Crippen LogP contribution in [0.1, 0.15) is 25.3 Å². The third-order valence-electron chi connectivity index (χ3n) is 2.89. The Kier molecular flexibility index (Phi) is 3.94. The molecule has 20 heavy (non-hydrogen) atoms. The fraction of sp³-hybridized carbons (Fsp3) is 0.214. The fourth-order valence-corrected chi connectivity index (χ4v) is 2.83. The molecule has 0 fully saturated rings. The number of pyridine rings is 1. The predicted molar refractivity (Wildman–Crippen MR) is 80.0 cm³/mol. The molecule has 0 aliphatic carbocycles. The van der Waals surface area contributed by atoms with Crippen LogP contribution in [0.5, 0.6) is 0 Å². The molecule has 6 heteroatoms. The fourth-order valence-electron chi connectivity index (χ4n) is 1.75. The van der Waals surface area contributed by atoms with Crippen molar-refractivity contribution in [2.45, 2.75) is 24.7 Å². The van der Waals surface area contributed by atoms with E-state index in [2.05, 4.69) is 23.6 Å². The summed E-state index contributed by atoms with van der Waals surface area (Å²) in [4.78, 5) is 3.87. The molecule has 0 aliphatic heterocycles. The van der Waals surface area contributed by atoms with Crippen molar-refractivity contribution < 1.29 is 8.42 Å². The average Bonchev–Trinajstić information content (AvgIpc) is 2.39. The van der Waals surface area contributed by atoms with Crippen LogP contribution in [0, 0.1) is 0 Å². The van der Waals surface area contributed by atoms with Crippen LogP contribution in [-0.2, 0) is 10.0 Å². The van der Waals surface area contributed by atoms with Gasteiger partial charge in [-0.25, -0.2) is 13.4 Å². The quantitative estimate of drug-likeness (QED) is 0.906. The van der Waals surface area contributed by atoms with Crippen LogP contribution in [-0.4, -0.2) is 13.4 Å². The van der Waals surface area contributed by atoms with Crippen LogP contribution < -0.4 is 10.5 Å². The maximum atomic E-state index is 12.2. The largest absolute Gasteiger partial charge is 0.384 e. The second-order valence-electron chi connectivity index (χ2n) is 4.80. The molecule has 0 bridgehead atoms. The summed E-state index contributed by atoms with van der Waals surface area (Å²) in [5.74, 6) is 0.573. The van der Waals surface area contributed by atoms with Crippen molar-refractivity contribution >= 4 is 21.5 Å². The lowest BCUT2D eigenvalue weighted by molar-refractivity contribution is 0.601. The maximum absolute atomic E-state index is 12.2. The van der Waals surface area contributed by atoms with Gasteiger partial charge in [0.1, 0.15) is 5.82 Å². The first-order valence-electron chi connectivity index (χ1n) is 6.23. The number of aromatic nitrogens is 1. The van der Waals surface area contributed by atoms with Gasteiger partial charge in [0.15, 0.2) is 0 Å². The molecule has 0 aliphatic rings. The molecule has 1 aromatic heterocycles. The molecule has 0 radical (unpaired) electrons. The second kappa shape index (κ2) is 5.50. The molecule has 1 heterocycles. The molecular formula is C14H17N3O2S. The number of rotatable bonds is 4. The lowest BCUT2D eigenvalue weighted by Crippen LogP contribution is -2.13. The summed E-state index contributed by atoms with van der Waals surface area (Å²) in [6.07, 6.45) is 1.37. The molecule has 0 unspecified atom stereocenters. The smallest absolute Gasteiger partial charge is 0.262 e. The number of benzene rings is 1. The SMILES string of the molecule is CC(C)c1ccc(NS(=O)(=O)c2ccnc(N)c2)cc1. The molecule has 0 saturated heterocycles. The van der Waals surface area contributed by atoms with Gasteiger partial charge < -0.3 is 5.73 Å². The Morgan fingerprint density at radius 3 is 2.35 bits per heavy atom. The Morgan fingerprint density at radius 2 is 1.80 bits per heavy atom. The Morgan fingerprint density at radius 1 is 1.15 bits per heavy atom. The molecular weight excluding hydrogens is 274 g/mol. The molecule has 2 rings (SSSR count). The lowest BCUT2D eigenvalue weighted by atomic mass is 10.0. The van der Waals surface area contributed by atoms with Gasteiger partial charge >= 0.3 is 0 Å². The first kappa shape index (κ1) is 14.3. The number of nitrogens with zero attached hydrogens (tertiary/aromatic N) is 1. The highest BCUT2D eigenvalue weighted by Gasteiger charge is 2.14.